The van der Waals surface area contributed by atoms with Gasteiger partial charge in [-0.05, 0) is 63.1 Å². The van der Waals surface area contributed by atoms with Crippen molar-refractivity contribution in [1.82, 2.24) is 19.7 Å². The zero-order valence-electron chi connectivity index (χ0n) is 19.4. The molecule has 4 N–H and O–H groups in total. The highest BCUT2D eigenvalue weighted by Gasteiger charge is 2.23. The Labute approximate surface area is 188 Å². The van der Waals surface area contributed by atoms with Gasteiger partial charge in [-0.15, -0.1) is 10.2 Å². The van der Waals surface area contributed by atoms with Gasteiger partial charge in [0.1, 0.15) is 11.5 Å². The van der Waals surface area contributed by atoms with Gasteiger partial charge in [0, 0.05) is 23.8 Å². The highest BCUT2D eigenvalue weighted by atomic mass is 16.3. The summed E-state index contributed by atoms with van der Waals surface area (Å²) in [5, 5.41) is 28.8. The first-order valence-electron chi connectivity index (χ1n) is 10.5. The average Bonchev–Trinajstić information content (AvgIpc) is 3.12. The maximum atomic E-state index is 12.1. The highest BCUT2D eigenvalue weighted by Crippen LogP contribution is 2.38. The summed E-state index contributed by atoms with van der Waals surface area (Å²) in [6.07, 6.45) is 0. The smallest absolute Gasteiger partial charge is 0.287 e. The molecule has 0 saturated heterocycles. The molecule has 1 amide bonds. The van der Waals surface area contributed by atoms with Crippen LogP contribution in [0.5, 0.6) is 11.5 Å². The van der Waals surface area contributed by atoms with Gasteiger partial charge in [-0.1, -0.05) is 26.0 Å². The zero-order chi connectivity index (χ0) is 23.8. The van der Waals surface area contributed by atoms with Crippen LogP contribution in [0.2, 0.25) is 0 Å². The molecule has 0 aliphatic carbocycles. The monoisotopic (exact) mass is 437 g/mol. The molecule has 0 atom stereocenters. The second kappa shape index (κ2) is 8.63. The Balaban J connectivity index is 2.10. The second-order valence-electron chi connectivity index (χ2n) is 9.32. The minimum absolute atomic E-state index is 0.00485. The lowest BCUT2D eigenvalue weighted by atomic mass is 9.98. The van der Waals surface area contributed by atoms with E-state index in [-0.39, 0.29) is 34.6 Å². The van der Waals surface area contributed by atoms with E-state index in [1.807, 2.05) is 38.1 Å². The molecule has 8 nitrogen and oxygen atoms in total. The fourth-order valence-electron chi connectivity index (χ4n) is 3.36. The average molecular weight is 438 g/mol. The molecule has 0 saturated carbocycles. The number of rotatable bonds is 6. The number of carbonyl (C=O) groups excluding carboxylic acids is 1. The lowest BCUT2D eigenvalue weighted by molar-refractivity contribution is 0.0988. The predicted octanol–water partition coefficient (Wildman–Crippen LogP) is 3.80. The van der Waals surface area contributed by atoms with Gasteiger partial charge in [0.25, 0.3) is 5.91 Å². The van der Waals surface area contributed by atoms with Crippen molar-refractivity contribution in [3.8, 4) is 28.6 Å². The normalized spacial score (nSPS) is 12.0. The van der Waals surface area contributed by atoms with Crippen LogP contribution in [0.3, 0.4) is 0 Å². The van der Waals surface area contributed by atoms with Gasteiger partial charge in [0.2, 0.25) is 5.82 Å². The van der Waals surface area contributed by atoms with Crippen molar-refractivity contribution in [2.45, 2.75) is 52.6 Å². The van der Waals surface area contributed by atoms with E-state index in [0.717, 1.165) is 12.1 Å². The van der Waals surface area contributed by atoms with Crippen LogP contribution in [0.15, 0.2) is 36.4 Å². The lowest BCUT2D eigenvalue weighted by Crippen LogP contribution is -2.37. The topological polar surface area (TPSA) is 118 Å². The summed E-state index contributed by atoms with van der Waals surface area (Å²) >= 11 is 0. The molecule has 1 heterocycles. The lowest BCUT2D eigenvalue weighted by Gasteiger charge is -2.31. The maximum absolute atomic E-state index is 12.1. The Hall–Kier alpha value is -3.39. The van der Waals surface area contributed by atoms with Crippen molar-refractivity contribution >= 4 is 5.91 Å². The molecule has 0 aliphatic heterocycles. The van der Waals surface area contributed by atoms with Crippen LogP contribution in [0.1, 0.15) is 62.3 Å². The van der Waals surface area contributed by atoms with E-state index >= 15 is 0 Å². The zero-order valence-corrected chi connectivity index (χ0v) is 19.4. The number of hydrogen-bond donors (Lipinski definition) is 3. The largest absolute Gasteiger partial charge is 0.508 e. The second-order valence-corrected chi connectivity index (χ2v) is 9.32. The number of aromatic hydroxyl groups is 2. The van der Waals surface area contributed by atoms with Gasteiger partial charge in [-0.25, -0.2) is 0 Å². The van der Waals surface area contributed by atoms with E-state index < -0.39 is 5.91 Å². The predicted molar refractivity (Wildman–Crippen MR) is 124 cm³/mol. The van der Waals surface area contributed by atoms with E-state index in [4.69, 9.17) is 5.73 Å². The molecule has 0 fully saturated rings. The Kier molecular flexibility index (Phi) is 6.27. The Morgan fingerprint density at radius 1 is 1.09 bits per heavy atom. The number of carbonyl (C=O) groups is 1. The Morgan fingerprint density at radius 2 is 1.72 bits per heavy atom. The van der Waals surface area contributed by atoms with Crippen molar-refractivity contribution in [2.24, 2.45) is 5.73 Å². The van der Waals surface area contributed by atoms with Gasteiger partial charge >= 0.3 is 0 Å². The number of nitrogens with two attached hydrogens (primary N) is 1. The molecule has 0 radical (unpaired) electrons. The summed E-state index contributed by atoms with van der Waals surface area (Å²) in [7, 11) is 2.07. The molecule has 3 aromatic rings. The third-order valence-corrected chi connectivity index (χ3v) is 5.65. The highest BCUT2D eigenvalue weighted by molar-refractivity contribution is 5.90. The molecule has 2 aromatic carbocycles. The van der Waals surface area contributed by atoms with Gasteiger partial charge < -0.3 is 15.9 Å². The number of primary amides is 1. The van der Waals surface area contributed by atoms with Crippen molar-refractivity contribution in [3.63, 3.8) is 0 Å². The summed E-state index contributed by atoms with van der Waals surface area (Å²) < 4.78 is 1.52. The van der Waals surface area contributed by atoms with E-state index in [1.165, 1.54) is 10.6 Å². The summed E-state index contributed by atoms with van der Waals surface area (Å²) in [5.74, 6) is -0.672. The molecule has 3 rings (SSSR count). The van der Waals surface area contributed by atoms with Crippen molar-refractivity contribution in [1.29, 1.82) is 0 Å². The number of hydrogen-bond acceptors (Lipinski definition) is 6. The van der Waals surface area contributed by atoms with Crippen LogP contribution in [-0.4, -0.2) is 48.4 Å². The first-order chi connectivity index (χ1) is 14.9. The van der Waals surface area contributed by atoms with E-state index in [0.29, 0.717) is 16.8 Å². The van der Waals surface area contributed by atoms with Crippen LogP contribution in [0.25, 0.3) is 17.1 Å². The van der Waals surface area contributed by atoms with Gasteiger partial charge in [0.15, 0.2) is 5.82 Å². The van der Waals surface area contributed by atoms with Crippen molar-refractivity contribution < 1.29 is 15.0 Å². The maximum Gasteiger partial charge on any atom is 0.287 e. The molecule has 8 heteroatoms. The number of nitrogens with zero attached hydrogens (tertiary/aromatic N) is 4. The molecule has 0 aliphatic rings. The van der Waals surface area contributed by atoms with Crippen LogP contribution >= 0.6 is 0 Å². The van der Waals surface area contributed by atoms with E-state index in [9.17, 15) is 15.0 Å². The third kappa shape index (κ3) is 4.60. The molecule has 0 unspecified atom stereocenters. The summed E-state index contributed by atoms with van der Waals surface area (Å²) in [5.41, 5.74) is 8.33. The Morgan fingerprint density at radius 3 is 2.25 bits per heavy atom. The SMILES string of the molecule is CC(C)c1cc(-c2nnc(C(N)=O)n2-c2ccc(CN(C)C(C)(C)C)cc2)c(O)cc1O. The van der Waals surface area contributed by atoms with Gasteiger partial charge in [0.05, 0.1) is 5.56 Å². The minimum atomic E-state index is -0.734. The minimum Gasteiger partial charge on any atom is -0.508 e. The number of phenols is 2. The molecule has 1 aromatic heterocycles. The Bertz CT molecular complexity index is 1130. The van der Waals surface area contributed by atoms with E-state index in [1.54, 1.807) is 6.07 Å². The number of amides is 1. The van der Waals surface area contributed by atoms with Crippen LogP contribution in [-0.2, 0) is 6.54 Å². The number of phenolic OH excluding ortho intramolecular Hbond substituents is 2. The first-order valence-corrected chi connectivity index (χ1v) is 10.5. The van der Waals surface area contributed by atoms with Crippen LogP contribution in [0, 0.1) is 0 Å². The molecular formula is C24H31N5O3. The summed E-state index contributed by atoms with van der Waals surface area (Å²) in [6.45, 7) is 11.1. The van der Waals surface area contributed by atoms with Crippen LogP contribution in [0.4, 0.5) is 0 Å². The van der Waals surface area contributed by atoms with Gasteiger partial charge in [-0.2, -0.15) is 0 Å². The third-order valence-electron chi connectivity index (χ3n) is 5.65. The molecular weight excluding hydrogens is 406 g/mol. The van der Waals surface area contributed by atoms with Crippen molar-refractivity contribution in [3.05, 3.63) is 53.3 Å². The number of benzene rings is 2. The van der Waals surface area contributed by atoms with E-state index in [2.05, 4.69) is 42.9 Å². The fourth-order valence-corrected chi connectivity index (χ4v) is 3.36. The molecule has 32 heavy (non-hydrogen) atoms. The van der Waals surface area contributed by atoms with Crippen molar-refractivity contribution in [2.75, 3.05) is 7.05 Å². The number of aromatic nitrogens is 3. The fraction of sp³-hybridized carbons (Fsp3) is 0.375. The molecule has 0 bridgehead atoms. The first kappa shape index (κ1) is 23.3. The quantitative estimate of drug-likeness (QED) is 0.540. The summed E-state index contributed by atoms with van der Waals surface area (Å²) in [6, 6.07) is 10.6. The molecule has 170 valence electrons. The summed E-state index contributed by atoms with van der Waals surface area (Å²) in [4.78, 5) is 14.3. The molecule has 0 spiro atoms. The van der Waals surface area contributed by atoms with Gasteiger partial charge in [-0.3, -0.25) is 14.3 Å². The van der Waals surface area contributed by atoms with Crippen LogP contribution < -0.4 is 5.73 Å². The standard InChI is InChI=1S/C24H31N5O3/c1-14(2)17-11-18(20(31)12-19(17)30)22-26-27-23(21(25)32)29(22)16-9-7-15(8-10-16)13-28(6)24(3,4)5/h7-12,14,30-31H,13H2,1-6H3,(H2,25,32).